The average Bonchev–Trinajstić information content (AvgIpc) is 3.58. The van der Waals surface area contributed by atoms with Gasteiger partial charge in [-0.3, -0.25) is 18.8 Å². The fourth-order valence-electron chi connectivity index (χ4n) is 4.42. The number of halogens is 1. The molecule has 0 aliphatic rings. The Labute approximate surface area is 227 Å². The quantitative estimate of drug-likeness (QED) is 0.297. The largest absolute Gasteiger partial charge is 0.495 e. The minimum Gasteiger partial charge on any atom is -0.495 e. The van der Waals surface area contributed by atoms with E-state index in [4.69, 9.17) is 21.1 Å². The van der Waals surface area contributed by atoms with Gasteiger partial charge in [0.1, 0.15) is 18.1 Å². The van der Waals surface area contributed by atoms with Gasteiger partial charge in [0, 0.05) is 66.7 Å². The van der Waals surface area contributed by atoms with Crippen LogP contribution < -0.4 is 15.6 Å². The molecule has 0 bridgehead atoms. The summed E-state index contributed by atoms with van der Waals surface area (Å²) >= 11 is 6.30. The molecular weight excluding hydrogens is 524 g/mol. The van der Waals surface area contributed by atoms with Gasteiger partial charge < -0.3 is 14.8 Å². The van der Waals surface area contributed by atoms with Crippen LogP contribution in [0.1, 0.15) is 12.5 Å². The minimum atomic E-state index is -0.872. The van der Waals surface area contributed by atoms with E-state index in [0.29, 0.717) is 33.3 Å². The van der Waals surface area contributed by atoms with Gasteiger partial charge >= 0.3 is 0 Å². The standard InChI is InChI=1S/C26H25ClN8O4/c1-33-13-16-10-18(5-6-21(16)30-33)29-26(37)23(8-9-38-2)34-14-24(39-3)20(12-25(34)36)19-11-17(27)4-7-22(19)35-15-28-31-32-35/h4-7,10-15,23H,8-9H2,1-3H3,(H,29,37). The Hall–Kier alpha value is -4.55. The molecule has 1 N–H and O–H groups in total. The first-order chi connectivity index (χ1) is 18.9. The summed E-state index contributed by atoms with van der Waals surface area (Å²) in [7, 11) is 4.86. The molecule has 0 saturated carbocycles. The van der Waals surface area contributed by atoms with Crippen molar-refractivity contribution in [1.82, 2.24) is 34.6 Å². The van der Waals surface area contributed by atoms with Crippen molar-refractivity contribution in [3.05, 3.63) is 76.6 Å². The van der Waals surface area contributed by atoms with Crippen LogP contribution in [0.15, 0.2) is 66.0 Å². The number of tetrazole rings is 1. The van der Waals surface area contributed by atoms with Crippen molar-refractivity contribution in [3.63, 3.8) is 0 Å². The smallest absolute Gasteiger partial charge is 0.252 e. The van der Waals surface area contributed by atoms with Gasteiger partial charge in [-0.15, -0.1) is 5.10 Å². The normalized spacial score (nSPS) is 12.0. The highest BCUT2D eigenvalue weighted by molar-refractivity contribution is 6.31. The van der Waals surface area contributed by atoms with Crippen LogP contribution in [0.3, 0.4) is 0 Å². The number of anilines is 1. The van der Waals surface area contributed by atoms with Crippen molar-refractivity contribution in [2.75, 3.05) is 26.1 Å². The molecule has 5 aromatic rings. The zero-order chi connectivity index (χ0) is 27.5. The van der Waals surface area contributed by atoms with Crippen LogP contribution in [0.4, 0.5) is 5.69 Å². The number of carbonyl (C=O) groups excluding carboxylic acids is 1. The first-order valence-corrected chi connectivity index (χ1v) is 12.3. The summed E-state index contributed by atoms with van der Waals surface area (Å²) in [4.78, 5) is 27.0. The third-order valence-corrected chi connectivity index (χ3v) is 6.46. The molecule has 1 amide bonds. The van der Waals surface area contributed by atoms with Crippen LogP contribution in [-0.4, -0.2) is 61.3 Å². The number of hydrogen-bond donors (Lipinski definition) is 1. The van der Waals surface area contributed by atoms with Gasteiger partial charge in [-0.1, -0.05) is 11.6 Å². The highest BCUT2D eigenvalue weighted by Crippen LogP contribution is 2.35. The van der Waals surface area contributed by atoms with E-state index in [9.17, 15) is 9.59 Å². The molecule has 2 aromatic carbocycles. The van der Waals surface area contributed by atoms with Gasteiger partial charge in [-0.25, -0.2) is 0 Å². The molecule has 0 radical (unpaired) electrons. The lowest BCUT2D eigenvalue weighted by atomic mass is 10.0. The van der Waals surface area contributed by atoms with Crippen LogP contribution >= 0.6 is 11.6 Å². The molecule has 0 saturated heterocycles. The van der Waals surface area contributed by atoms with Crippen molar-refractivity contribution in [1.29, 1.82) is 0 Å². The van der Waals surface area contributed by atoms with Crippen molar-refractivity contribution >= 4 is 34.1 Å². The number of benzene rings is 2. The lowest BCUT2D eigenvalue weighted by Crippen LogP contribution is -2.34. The number of hydrogen-bond acceptors (Lipinski definition) is 8. The summed E-state index contributed by atoms with van der Waals surface area (Å²) in [6, 6.07) is 11.1. The number of nitrogens with one attached hydrogen (secondary N) is 1. The molecule has 3 aromatic heterocycles. The predicted molar refractivity (Wildman–Crippen MR) is 145 cm³/mol. The Balaban J connectivity index is 1.54. The van der Waals surface area contributed by atoms with Gasteiger partial charge in [-0.2, -0.15) is 9.78 Å². The second-order valence-electron chi connectivity index (χ2n) is 8.78. The maximum absolute atomic E-state index is 13.5. The number of amides is 1. The lowest BCUT2D eigenvalue weighted by Gasteiger charge is -2.21. The molecule has 200 valence electrons. The second kappa shape index (κ2) is 11.1. The minimum absolute atomic E-state index is 0.257. The number of methoxy groups -OCH3 is 2. The van der Waals surface area contributed by atoms with E-state index in [-0.39, 0.29) is 18.9 Å². The second-order valence-corrected chi connectivity index (χ2v) is 9.22. The number of fused-ring (bicyclic) bond motifs is 1. The number of ether oxygens (including phenoxy) is 2. The number of carbonyl (C=O) groups is 1. The molecule has 12 nitrogen and oxygen atoms in total. The highest BCUT2D eigenvalue weighted by atomic mass is 35.5. The molecule has 0 fully saturated rings. The van der Waals surface area contributed by atoms with Gasteiger partial charge in [0.05, 0.1) is 24.5 Å². The summed E-state index contributed by atoms with van der Waals surface area (Å²) in [5.41, 5.74) is 2.64. The van der Waals surface area contributed by atoms with Crippen LogP contribution in [0.25, 0.3) is 27.7 Å². The maximum atomic E-state index is 13.5. The van der Waals surface area contributed by atoms with E-state index in [1.165, 1.54) is 42.1 Å². The summed E-state index contributed by atoms with van der Waals surface area (Å²) < 4.78 is 15.4. The zero-order valence-corrected chi connectivity index (χ0v) is 22.2. The summed E-state index contributed by atoms with van der Waals surface area (Å²) in [6.45, 7) is 0.258. The number of pyridine rings is 1. The van der Waals surface area contributed by atoms with Crippen LogP contribution in [0.5, 0.6) is 5.75 Å². The van der Waals surface area contributed by atoms with Gasteiger partial charge in [0.15, 0.2) is 0 Å². The van der Waals surface area contributed by atoms with E-state index in [1.807, 2.05) is 25.4 Å². The molecule has 1 atom stereocenters. The molecule has 0 aliphatic carbocycles. The van der Waals surface area contributed by atoms with Crippen molar-refractivity contribution in [3.8, 4) is 22.6 Å². The van der Waals surface area contributed by atoms with E-state index >= 15 is 0 Å². The molecule has 0 aliphatic heterocycles. The zero-order valence-electron chi connectivity index (χ0n) is 21.4. The third-order valence-electron chi connectivity index (χ3n) is 6.23. The first kappa shape index (κ1) is 26.1. The Morgan fingerprint density at radius 1 is 1.10 bits per heavy atom. The Morgan fingerprint density at radius 3 is 2.69 bits per heavy atom. The number of rotatable bonds is 9. The highest BCUT2D eigenvalue weighted by Gasteiger charge is 2.24. The number of aryl methyl sites for hydroxylation is 1. The predicted octanol–water partition coefficient (Wildman–Crippen LogP) is 3.26. The van der Waals surface area contributed by atoms with E-state index in [1.54, 1.807) is 28.9 Å². The number of nitrogens with zero attached hydrogens (tertiary/aromatic N) is 7. The third kappa shape index (κ3) is 5.38. The molecule has 1 unspecified atom stereocenters. The Kier molecular flexibility index (Phi) is 7.39. The van der Waals surface area contributed by atoms with Gasteiger partial charge in [0.2, 0.25) is 5.91 Å². The van der Waals surface area contributed by atoms with Crippen molar-refractivity contribution in [2.24, 2.45) is 7.05 Å². The average molecular weight is 549 g/mol. The Bertz CT molecular complexity index is 1700. The monoisotopic (exact) mass is 548 g/mol. The summed E-state index contributed by atoms with van der Waals surface area (Å²) in [5, 5.41) is 20.0. The number of aromatic nitrogens is 7. The topological polar surface area (TPSA) is 131 Å². The first-order valence-electron chi connectivity index (χ1n) is 11.9. The van der Waals surface area contributed by atoms with Crippen LogP contribution in [0, 0.1) is 0 Å². The fraction of sp³-hybridized carbons (Fsp3) is 0.231. The van der Waals surface area contributed by atoms with Crippen LogP contribution in [-0.2, 0) is 16.6 Å². The van der Waals surface area contributed by atoms with E-state index in [0.717, 1.165) is 10.9 Å². The van der Waals surface area contributed by atoms with E-state index in [2.05, 4.69) is 25.9 Å². The molecule has 3 heterocycles. The van der Waals surface area contributed by atoms with E-state index < -0.39 is 11.6 Å². The van der Waals surface area contributed by atoms with Crippen LogP contribution in [0.2, 0.25) is 5.02 Å². The lowest BCUT2D eigenvalue weighted by molar-refractivity contribution is -0.119. The SMILES string of the molecule is COCCC(C(=O)Nc1ccc2nn(C)cc2c1)n1cc(OC)c(-c2cc(Cl)ccc2-n2cnnn2)cc1=O. The summed E-state index contributed by atoms with van der Waals surface area (Å²) in [6.07, 6.45) is 5.08. The molecule has 0 spiro atoms. The maximum Gasteiger partial charge on any atom is 0.252 e. The molecule has 5 rings (SSSR count). The summed E-state index contributed by atoms with van der Waals surface area (Å²) in [5.74, 6) is -0.0116. The Morgan fingerprint density at radius 2 is 1.95 bits per heavy atom. The van der Waals surface area contributed by atoms with Crippen molar-refractivity contribution < 1.29 is 14.3 Å². The van der Waals surface area contributed by atoms with Gasteiger partial charge in [0.25, 0.3) is 5.56 Å². The molecule has 39 heavy (non-hydrogen) atoms. The fourth-order valence-corrected chi connectivity index (χ4v) is 4.59. The molecular formula is C26H25ClN8O4. The van der Waals surface area contributed by atoms with Gasteiger partial charge in [-0.05, 0) is 46.8 Å². The van der Waals surface area contributed by atoms with Crippen molar-refractivity contribution in [2.45, 2.75) is 12.5 Å². The molecule has 13 heteroatoms.